The maximum absolute atomic E-state index is 13.9. The van der Waals surface area contributed by atoms with Gasteiger partial charge in [-0.25, -0.2) is 9.59 Å². The zero-order valence-electron chi connectivity index (χ0n) is 31.9. The highest BCUT2D eigenvalue weighted by atomic mass is 35.5. The van der Waals surface area contributed by atoms with E-state index < -0.39 is 59.3 Å². The van der Waals surface area contributed by atoms with Gasteiger partial charge in [-0.05, 0) is 52.8 Å². The summed E-state index contributed by atoms with van der Waals surface area (Å²) < 4.78 is 12.2. The van der Waals surface area contributed by atoms with Crippen LogP contribution in [-0.2, 0) is 28.7 Å². The third-order valence-electron chi connectivity index (χ3n) is 10.1. The molecule has 2 aliphatic heterocycles. The zero-order valence-corrected chi connectivity index (χ0v) is 33.5. The van der Waals surface area contributed by atoms with Crippen LogP contribution in [0, 0.1) is 0 Å². The first-order valence-electron chi connectivity index (χ1n) is 19.3. The molecule has 1 fully saturated rings. The minimum Gasteiger partial charge on any atom is -0.451 e. The van der Waals surface area contributed by atoms with E-state index in [0.29, 0.717) is 16.9 Å². The lowest BCUT2D eigenvalue weighted by atomic mass is 10.0. The van der Waals surface area contributed by atoms with Gasteiger partial charge in [0.25, 0.3) is 11.8 Å². The van der Waals surface area contributed by atoms with E-state index in [2.05, 4.69) is 10.6 Å². The molecule has 0 spiro atoms. The number of fused-ring (bicyclic) bond motifs is 1. The van der Waals surface area contributed by atoms with E-state index in [4.69, 9.17) is 21.1 Å². The van der Waals surface area contributed by atoms with Crippen LogP contribution in [0.4, 0.5) is 0 Å². The summed E-state index contributed by atoms with van der Waals surface area (Å²) in [4.78, 5) is 69.6. The van der Waals surface area contributed by atoms with Gasteiger partial charge in [0.15, 0.2) is 12.2 Å². The van der Waals surface area contributed by atoms with E-state index in [9.17, 15) is 24.0 Å². The molecule has 3 atom stereocenters. The average molecular weight is 828 g/mol. The maximum Gasteiger partial charge on any atom is 0.356 e. The van der Waals surface area contributed by atoms with E-state index in [0.717, 1.165) is 22.3 Å². The zero-order chi connectivity index (χ0) is 41.1. The number of β-lactam (4-membered cyclic amide) rings is 1. The number of hydrogen-bond acceptors (Lipinski definition) is 8. The van der Waals surface area contributed by atoms with E-state index in [1.54, 1.807) is 30.3 Å². The Morgan fingerprint density at radius 3 is 1.66 bits per heavy atom. The van der Waals surface area contributed by atoms with E-state index in [1.807, 2.05) is 121 Å². The number of alkyl halides is 1. The van der Waals surface area contributed by atoms with Gasteiger partial charge in [-0.15, -0.1) is 23.4 Å². The number of benzene rings is 5. The lowest BCUT2D eigenvalue weighted by Gasteiger charge is -2.49. The fraction of sp³-hybridized carbons (Fsp3) is 0.213. The van der Waals surface area contributed by atoms with Crippen molar-refractivity contribution in [1.82, 2.24) is 15.5 Å². The second-order valence-corrected chi connectivity index (χ2v) is 15.4. The van der Waals surface area contributed by atoms with Crippen LogP contribution >= 0.6 is 23.4 Å². The summed E-state index contributed by atoms with van der Waals surface area (Å²) >= 11 is 7.71. The molecule has 12 heteroatoms. The number of esters is 2. The Labute approximate surface area is 351 Å². The van der Waals surface area contributed by atoms with Crippen molar-refractivity contribution in [3.8, 4) is 0 Å². The van der Waals surface area contributed by atoms with E-state index in [-0.39, 0.29) is 30.8 Å². The number of hydrogen-bond donors (Lipinski definition) is 2. The summed E-state index contributed by atoms with van der Waals surface area (Å²) in [5.41, 5.74) is 4.08. The first-order valence-corrected chi connectivity index (χ1v) is 20.9. The van der Waals surface area contributed by atoms with Crippen molar-refractivity contribution in [2.24, 2.45) is 0 Å². The van der Waals surface area contributed by atoms with Gasteiger partial charge >= 0.3 is 11.9 Å². The largest absolute Gasteiger partial charge is 0.451 e. The molecule has 0 radical (unpaired) electrons. The van der Waals surface area contributed by atoms with Crippen LogP contribution in [0.15, 0.2) is 163 Å². The first kappa shape index (κ1) is 41.0. The topological polar surface area (TPSA) is 131 Å². The van der Waals surface area contributed by atoms with Gasteiger partial charge in [0.1, 0.15) is 23.2 Å². The van der Waals surface area contributed by atoms with Gasteiger partial charge in [-0.1, -0.05) is 140 Å². The number of nitrogens with one attached hydrogen (secondary N) is 2. The van der Waals surface area contributed by atoms with Crippen molar-refractivity contribution in [3.63, 3.8) is 0 Å². The Bertz CT molecular complexity index is 2200. The molecule has 0 bridgehead atoms. The van der Waals surface area contributed by atoms with Crippen molar-refractivity contribution in [2.45, 2.75) is 48.9 Å². The third kappa shape index (κ3) is 9.76. The van der Waals surface area contributed by atoms with Gasteiger partial charge in [0, 0.05) is 23.6 Å². The predicted octanol–water partition coefficient (Wildman–Crippen LogP) is 7.51. The fourth-order valence-corrected chi connectivity index (χ4v) is 8.78. The molecule has 0 aliphatic carbocycles. The Balaban J connectivity index is 1.01. The first-order chi connectivity index (χ1) is 28.8. The molecule has 10 nitrogen and oxygen atoms in total. The molecular weight excluding hydrogens is 786 g/mol. The summed E-state index contributed by atoms with van der Waals surface area (Å²) in [6.45, 7) is 0. The summed E-state index contributed by atoms with van der Waals surface area (Å²) in [5.74, 6) is -2.27. The standard InChI is InChI=1S/C47H42ClN3O7S/c48-29-36-30-59-45-39(44(54)51(45)40(36)47(56)58-42(33-21-10-3-11-22-33)34-23-12-4-13-24-34)50-38(52)28-16-27-37(49-43(53)35-25-14-5-15-26-35)46(55)57-41(31-17-6-1-7-18-31)32-19-8-2-9-20-32/h1-15,17-26,37,39,41-42,45H,16,27-30H2,(H,49,53)(H,50,52). The highest BCUT2D eigenvalue weighted by molar-refractivity contribution is 8.00. The van der Waals surface area contributed by atoms with E-state index >= 15 is 0 Å². The molecule has 300 valence electrons. The average Bonchev–Trinajstić information content (AvgIpc) is 3.29. The molecule has 3 amide bonds. The highest BCUT2D eigenvalue weighted by Gasteiger charge is 2.54. The number of amides is 3. The van der Waals surface area contributed by atoms with Crippen LogP contribution in [0.25, 0.3) is 0 Å². The summed E-state index contributed by atoms with van der Waals surface area (Å²) in [6.07, 6.45) is -1.22. The Morgan fingerprint density at radius 2 is 1.17 bits per heavy atom. The molecule has 7 rings (SSSR count). The number of carbonyl (C=O) groups is 5. The van der Waals surface area contributed by atoms with Crippen LogP contribution in [0.3, 0.4) is 0 Å². The summed E-state index contributed by atoms with van der Waals surface area (Å²) in [5, 5.41) is 5.10. The smallest absolute Gasteiger partial charge is 0.356 e. The molecule has 3 unspecified atom stereocenters. The highest BCUT2D eigenvalue weighted by Crippen LogP contribution is 2.42. The van der Waals surface area contributed by atoms with Crippen molar-refractivity contribution >= 4 is 53.0 Å². The lowest BCUT2D eigenvalue weighted by molar-refractivity contribution is -0.154. The quantitative estimate of drug-likeness (QED) is 0.0594. The van der Waals surface area contributed by atoms with Crippen LogP contribution in [-0.4, -0.2) is 63.7 Å². The van der Waals surface area contributed by atoms with E-state index in [1.165, 1.54) is 16.7 Å². The fourth-order valence-electron chi connectivity index (χ4n) is 7.10. The van der Waals surface area contributed by atoms with Crippen LogP contribution in [0.2, 0.25) is 0 Å². The number of ether oxygens (including phenoxy) is 2. The minimum atomic E-state index is -1.08. The number of halogens is 1. The molecule has 0 aromatic heterocycles. The summed E-state index contributed by atoms with van der Waals surface area (Å²) in [6, 6.07) is 43.9. The number of carbonyl (C=O) groups excluding carboxylic acids is 5. The SMILES string of the molecule is O=C(CCCC(NC(=O)c1ccccc1)C(=O)OC(c1ccccc1)c1ccccc1)NC1C(=O)N2C(C(=O)OC(c3ccccc3)c3ccccc3)=C(CCl)CSC12. The number of nitrogens with zero attached hydrogens (tertiary/aromatic N) is 1. The summed E-state index contributed by atoms with van der Waals surface area (Å²) in [7, 11) is 0. The predicted molar refractivity (Wildman–Crippen MR) is 226 cm³/mol. The molecule has 5 aromatic rings. The molecule has 2 aliphatic rings. The Hall–Kier alpha value is -6.17. The Morgan fingerprint density at radius 1 is 0.695 bits per heavy atom. The van der Waals surface area contributed by atoms with Gasteiger partial charge in [0.05, 0.1) is 0 Å². The second-order valence-electron chi connectivity index (χ2n) is 14.1. The Kier molecular flexibility index (Phi) is 13.6. The molecule has 2 N–H and O–H groups in total. The molecule has 0 saturated carbocycles. The van der Waals surface area contributed by atoms with Crippen LogP contribution in [0.1, 0.15) is 64.1 Å². The van der Waals surface area contributed by atoms with Gasteiger partial charge < -0.3 is 20.1 Å². The molecule has 1 saturated heterocycles. The van der Waals surface area contributed by atoms with Gasteiger partial charge in [0.2, 0.25) is 5.91 Å². The lowest BCUT2D eigenvalue weighted by Crippen LogP contribution is -2.70. The minimum absolute atomic E-state index is 0.0220. The van der Waals surface area contributed by atoms with Crippen LogP contribution in [0.5, 0.6) is 0 Å². The maximum atomic E-state index is 13.9. The second kappa shape index (κ2) is 19.5. The molecular formula is C47H42ClN3O7S. The normalized spacial score (nSPS) is 16.5. The van der Waals surface area contributed by atoms with Gasteiger partial charge in [-0.2, -0.15) is 0 Å². The monoisotopic (exact) mass is 827 g/mol. The van der Waals surface area contributed by atoms with Gasteiger partial charge in [-0.3, -0.25) is 19.3 Å². The van der Waals surface area contributed by atoms with Crippen molar-refractivity contribution in [2.75, 3.05) is 11.6 Å². The molecule has 59 heavy (non-hydrogen) atoms. The third-order valence-corrected chi connectivity index (χ3v) is 11.8. The van der Waals surface area contributed by atoms with Crippen molar-refractivity contribution in [1.29, 1.82) is 0 Å². The van der Waals surface area contributed by atoms with Crippen LogP contribution < -0.4 is 10.6 Å². The molecule has 5 aromatic carbocycles. The molecule has 2 heterocycles. The van der Waals surface area contributed by atoms with Crippen molar-refractivity contribution < 1.29 is 33.4 Å². The number of rotatable bonds is 16. The number of thioether (sulfide) groups is 1. The van der Waals surface area contributed by atoms with Crippen molar-refractivity contribution in [3.05, 3.63) is 191 Å².